The Morgan fingerprint density at radius 3 is 2.89 bits per heavy atom. The summed E-state index contributed by atoms with van der Waals surface area (Å²) >= 11 is 0. The van der Waals surface area contributed by atoms with E-state index in [4.69, 9.17) is 4.74 Å². The molecular weight excluding hydrogens is 228 g/mol. The van der Waals surface area contributed by atoms with Gasteiger partial charge in [-0.1, -0.05) is 12.8 Å². The van der Waals surface area contributed by atoms with Crippen molar-refractivity contribution in [2.45, 2.75) is 37.3 Å². The van der Waals surface area contributed by atoms with E-state index in [1.807, 2.05) is 0 Å². The number of nitriles is 1. The Morgan fingerprint density at radius 1 is 1.39 bits per heavy atom. The largest absolute Gasteiger partial charge is 0.508 e. The van der Waals surface area contributed by atoms with Crippen LogP contribution in [0, 0.1) is 11.3 Å². The Balaban J connectivity index is 1.92. The van der Waals surface area contributed by atoms with Crippen LogP contribution in [0.25, 0.3) is 0 Å². The van der Waals surface area contributed by atoms with E-state index in [9.17, 15) is 10.4 Å². The number of nitrogens with one attached hydrogen (secondary N) is 1. The molecule has 0 spiro atoms. The number of phenols is 1. The Hall–Kier alpha value is -1.73. The second-order valence-corrected chi connectivity index (χ2v) is 5.11. The van der Waals surface area contributed by atoms with E-state index >= 15 is 0 Å². The normalized spacial score (nSPS) is 26.6. The SMILES string of the molecule is N#CC1(NC2CCCC2)COc2cc(O)ccc21. The molecule has 0 radical (unpaired) electrons. The molecule has 1 aromatic carbocycles. The summed E-state index contributed by atoms with van der Waals surface area (Å²) in [6.07, 6.45) is 4.69. The number of fused-ring (bicyclic) bond motifs is 1. The smallest absolute Gasteiger partial charge is 0.170 e. The first-order valence-electron chi connectivity index (χ1n) is 6.39. The molecule has 0 saturated heterocycles. The molecule has 4 heteroatoms. The van der Waals surface area contributed by atoms with Crippen molar-refractivity contribution in [3.05, 3.63) is 23.8 Å². The molecule has 1 aliphatic carbocycles. The number of phenolic OH excluding ortho intramolecular Hbond substituents is 1. The third-order valence-electron chi connectivity index (χ3n) is 3.87. The van der Waals surface area contributed by atoms with Crippen molar-refractivity contribution < 1.29 is 9.84 Å². The van der Waals surface area contributed by atoms with E-state index in [0.717, 1.165) is 18.4 Å². The van der Waals surface area contributed by atoms with Gasteiger partial charge >= 0.3 is 0 Å². The zero-order valence-electron chi connectivity index (χ0n) is 10.1. The van der Waals surface area contributed by atoms with E-state index < -0.39 is 5.54 Å². The zero-order valence-corrected chi connectivity index (χ0v) is 10.1. The van der Waals surface area contributed by atoms with Gasteiger partial charge in [-0.25, -0.2) is 0 Å². The standard InChI is InChI=1S/C14H16N2O2/c15-8-14(16-10-3-1-2-4-10)9-18-13-7-11(17)5-6-12(13)14/h5-7,10,16-17H,1-4,9H2. The molecule has 94 valence electrons. The zero-order chi connectivity index (χ0) is 12.6. The molecule has 1 aromatic rings. The van der Waals surface area contributed by atoms with Crippen LogP contribution in [0.4, 0.5) is 0 Å². The lowest BCUT2D eigenvalue weighted by molar-refractivity contribution is 0.253. The van der Waals surface area contributed by atoms with Crippen LogP contribution in [-0.4, -0.2) is 17.8 Å². The summed E-state index contributed by atoms with van der Waals surface area (Å²) in [5, 5.41) is 22.4. The molecule has 0 aromatic heterocycles. The number of nitrogens with zero attached hydrogens (tertiary/aromatic N) is 1. The highest BCUT2D eigenvalue weighted by Gasteiger charge is 2.43. The molecule has 1 heterocycles. The molecule has 1 fully saturated rings. The summed E-state index contributed by atoms with van der Waals surface area (Å²) in [4.78, 5) is 0. The fourth-order valence-electron chi connectivity index (χ4n) is 2.91. The average Bonchev–Trinajstić information content (AvgIpc) is 2.98. The fraction of sp³-hybridized carbons (Fsp3) is 0.500. The number of aromatic hydroxyl groups is 1. The Bertz CT molecular complexity index is 503. The molecule has 0 amide bonds. The maximum Gasteiger partial charge on any atom is 0.170 e. The van der Waals surface area contributed by atoms with Crippen LogP contribution in [0.3, 0.4) is 0 Å². The molecule has 1 aliphatic heterocycles. The number of ether oxygens (including phenoxy) is 1. The highest BCUT2D eigenvalue weighted by Crippen LogP contribution is 2.39. The van der Waals surface area contributed by atoms with Gasteiger partial charge in [-0.2, -0.15) is 5.26 Å². The number of hydrogen-bond acceptors (Lipinski definition) is 4. The quantitative estimate of drug-likeness (QED) is 0.835. The lowest BCUT2D eigenvalue weighted by Crippen LogP contribution is -2.47. The van der Waals surface area contributed by atoms with Gasteiger partial charge in [0.15, 0.2) is 5.54 Å². The van der Waals surface area contributed by atoms with Crippen LogP contribution < -0.4 is 10.1 Å². The second-order valence-electron chi connectivity index (χ2n) is 5.11. The molecular formula is C14H16N2O2. The molecule has 1 saturated carbocycles. The summed E-state index contributed by atoms with van der Waals surface area (Å²) in [6, 6.07) is 7.72. The van der Waals surface area contributed by atoms with Gasteiger partial charge in [0, 0.05) is 17.7 Å². The maximum atomic E-state index is 9.54. The highest BCUT2D eigenvalue weighted by atomic mass is 16.5. The molecule has 1 unspecified atom stereocenters. The highest BCUT2D eigenvalue weighted by molar-refractivity contribution is 5.50. The van der Waals surface area contributed by atoms with Crippen LogP contribution in [0.2, 0.25) is 0 Å². The van der Waals surface area contributed by atoms with Crippen molar-refractivity contribution in [1.29, 1.82) is 5.26 Å². The minimum absolute atomic E-state index is 0.170. The number of hydrogen-bond donors (Lipinski definition) is 2. The van der Waals surface area contributed by atoms with Gasteiger partial charge in [0.2, 0.25) is 0 Å². The molecule has 3 rings (SSSR count). The molecule has 2 N–H and O–H groups in total. The van der Waals surface area contributed by atoms with Gasteiger partial charge in [0.1, 0.15) is 18.1 Å². The van der Waals surface area contributed by atoms with Crippen molar-refractivity contribution in [1.82, 2.24) is 5.32 Å². The van der Waals surface area contributed by atoms with Gasteiger partial charge < -0.3 is 9.84 Å². The third kappa shape index (κ3) is 1.72. The Morgan fingerprint density at radius 2 is 2.17 bits per heavy atom. The van der Waals surface area contributed by atoms with Crippen molar-refractivity contribution in [2.75, 3.05) is 6.61 Å². The third-order valence-corrected chi connectivity index (χ3v) is 3.87. The lowest BCUT2D eigenvalue weighted by Gasteiger charge is -2.25. The van der Waals surface area contributed by atoms with Crippen LogP contribution in [0.5, 0.6) is 11.5 Å². The van der Waals surface area contributed by atoms with E-state index in [0.29, 0.717) is 18.4 Å². The van der Waals surface area contributed by atoms with Gasteiger partial charge in [-0.3, -0.25) is 5.32 Å². The summed E-state index contributed by atoms with van der Waals surface area (Å²) in [5.41, 5.74) is 0.0904. The van der Waals surface area contributed by atoms with Gasteiger partial charge in [0.25, 0.3) is 0 Å². The van der Waals surface area contributed by atoms with Crippen molar-refractivity contribution >= 4 is 0 Å². The monoisotopic (exact) mass is 244 g/mol. The first kappa shape index (κ1) is 11.4. The van der Waals surface area contributed by atoms with E-state index in [1.165, 1.54) is 12.8 Å². The van der Waals surface area contributed by atoms with Crippen LogP contribution in [0.1, 0.15) is 31.2 Å². The van der Waals surface area contributed by atoms with Crippen molar-refractivity contribution in [3.63, 3.8) is 0 Å². The first-order valence-corrected chi connectivity index (χ1v) is 6.39. The summed E-state index contributed by atoms with van der Waals surface area (Å²) in [7, 11) is 0. The predicted octanol–water partition coefficient (Wildman–Crippen LogP) is 2.04. The van der Waals surface area contributed by atoms with E-state index in [1.54, 1.807) is 18.2 Å². The minimum Gasteiger partial charge on any atom is -0.508 e. The number of benzene rings is 1. The van der Waals surface area contributed by atoms with E-state index in [-0.39, 0.29) is 5.75 Å². The van der Waals surface area contributed by atoms with Crippen LogP contribution in [-0.2, 0) is 5.54 Å². The lowest BCUT2D eigenvalue weighted by atomic mass is 9.92. The predicted molar refractivity (Wildman–Crippen MR) is 66.3 cm³/mol. The molecule has 1 atom stereocenters. The molecule has 0 bridgehead atoms. The molecule has 18 heavy (non-hydrogen) atoms. The Kier molecular flexibility index (Phi) is 2.64. The summed E-state index contributed by atoms with van der Waals surface area (Å²) < 4.78 is 5.55. The number of rotatable bonds is 2. The molecule has 2 aliphatic rings. The van der Waals surface area contributed by atoms with Crippen molar-refractivity contribution in [2.24, 2.45) is 0 Å². The maximum absolute atomic E-state index is 9.54. The average molecular weight is 244 g/mol. The Labute approximate surface area is 106 Å². The van der Waals surface area contributed by atoms with Gasteiger partial charge in [0.05, 0.1) is 6.07 Å². The molecule has 4 nitrogen and oxygen atoms in total. The summed E-state index contributed by atoms with van der Waals surface area (Å²) in [6.45, 7) is 0.318. The summed E-state index contributed by atoms with van der Waals surface area (Å²) in [5.74, 6) is 0.783. The van der Waals surface area contributed by atoms with Crippen molar-refractivity contribution in [3.8, 4) is 17.6 Å². The fourth-order valence-corrected chi connectivity index (χ4v) is 2.91. The van der Waals surface area contributed by atoms with Crippen LogP contribution >= 0.6 is 0 Å². The topological polar surface area (TPSA) is 65.3 Å². The van der Waals surface area contributed by atoms with Gasteiger partial charge in [-0.05, 0) is 25.0 Å². The van der Waals surface area contributed by atoms with Crippen LogP contribution in [0.15, 0.2) is 18.2 Å². The van der Waals surface area contributed by atoms with Gasteiger partial charge in [-0.15, -0.1) is 0 Å². The van der Waals surface area contributed by atoms with E-state index in [2.05, 4.69) is 11.4 Å². The second kappa shape index (κ2) is 4.18. The first-order chi connectivity index (χ1) is 8.73. The minimum atomic E-state index is -0.752.